The van der Waals surface area contributed by atoms with Crippen LogP contribution in [0.4, 0.5) is 11.4 Å². The number of nitrogens with one attached hydrogen (secondary N) is 2. The smallest absolute Gasteiger partial charge is 0.253 e. The zero-order chi connectivity index (χ0) is 19.3. The van der Waals surface area contributed by atoms with Crippen molar-refractivity contribution in [3.63, 3.8) is 0 Å². The summed E-state index contributed by atoms with van der Waals surface area (Å²) in [4.78, 5) is 14.9. The molecular weight excluding hydrogens is 362 g/mol. The highest BCUT2D eigenvalue weighted by molar-refractivity contribution is 7.92. The van der Waals surface area contributed by atoms with Gasteiger partial charge in [-0.15, -0.1) is 0 Å². The summed E-state index contributed by atoms with van der Waals surface area (Å²) >= 11 is 0. The Bertz CT molecular complexity index is 889. The van der Waals surface area contributed by atoms with Crippen LogP contribution in [0, 0.1) is 0 Å². The van der Waals surface area contributed by atoms with Crippen molar-refractivity contribution < 1.29 is 13.2 Å². The first-order valence-corrected chi connectivity index (χ1v) is 11.0. The summed E-state index contributed by atoms with van der Waals surface area (Å²) in [7, 11) is -3.45. The lowest BCUT2D eigenvalue weighted by atomic mass is 10.1. The number of para-hydroxylation sites is 1. The molecule has 0 aromatic heterocycles. The van der Waals surface area contributed by atoms with Crippen molar-refractivity contribution in [2.24, 2.45) is 0 Å². The maximum absolute atomic E-state index is 12.5. The maximum atomic E-state index is 12.5. The predicted molar refractivity (Wildman–Crippen MR) is 109 cm³/mol. The van der Waals surface area contributed by atoms with Gasteiger partial charge in [0.05, 0.1) is 17.5 Å². The Labute approximate surface area is 160 Å². The molecule has 0 bridgehead atoms. The van der Waals surface area contributed by atoms with Crippen LogP contribution in [0.25, 0.3) is 0 Å². The van der Waals surface area contributed by atoms with Crippen molar-refractivity contribution in [1.82, 2.24) is 5.32 Å². The van der Waals surface area contributed by atoms with Gasteiger partial charge in [-0.1, -0.05) is 24.3 Å². The van der Waals surface area contributed by atoms with Crippen molar-refractivity contribution in [2.75, 3.05) is 29.0 Å². The third kappa shape index (κ3) is 5.47. The lowest BCUT2D eigenvalue weighted by Crippen LogP contribution is -2.29. The van der Waals surface area contributed by atoms with Crippen LogP contribution in [0.1, 0.15) is 35.2 Å². The number of amides is 1. The number of benzene rings is 2. The molecule has 0 spiro atoms. The van der Waals surface area contributed by atoms with Crippen molar-refractivity contribution in [3.05, 3.63) is 59.7 Å². The topological polar surface area (TPSA) is 78.5 Å². The summed E-state index contributed by atoms with van der Waals surface area (Å²) in [6, 6.07) is 14.8. The van der Waals surface area contributed by atoms with Gasteiger partial charge in [-0.2, -0.15) is 0 Å². The number of carbonyl (C=O) groups is 1. The summed E-state index contributed by atoms with van der Waals surface area (Å²) in [6.07, 6.45) is 4.83. The van der Waals surface area contributed by atoms with E-state index in [2.05, 4.69) is 27.1 Å². The fourth-order valence-corrected chi connectivity index (χ4v) is 3.80. The van der Waals surface area contributed by atoms with Gasteiger partial charge in [0, 0.05) is 25.3 Å². The van der Waals surface area contributed by atoms with Gasteiger partial charge >= 0.3 is 0 Å². The fraction of sp³-hybridized carbons (Fsp3) is 0.350. The molecule has 27 heavy (non-hydrogen) atoms. The Morgan fingerprint density at radius 3 is 2.33 bits per heavy atom. The third-order valence-electron chi connectivity index (χ3n) is 4.58. The van der Waals surface area contributed by atoms with E-state index in [1.54, 1.807) is 24.3 Å². The number of sulfonamides is 1. The molecule has 1 amide bonds. The highest BCUT2D eigenvalue weighted by Gasteiger charge is 2.14. The zero-order valence-corrected chi connectivity index (χ0v) is 16.3. The molecule has 0 aliphatic carbocycles. The molecular formula is C20H25N3O3S. The molecule has 2 N–H and O–H groups in total. The highest BCUT2D eigenvalue weighted by atomic mass is 32.2. The van der Waals surface area contributed by atoms with Gasteiger partial charge < -0.3 is 10.2 Å². The summed E-state index contributed by atoms with van der Waals surface area (Å²) < 4.78 is 25.3. The minimum atomic E-state index is -3.45. The molecule has 1 aliphatic heterocycles. The molecule has 2 aromatic rings. The SMILES string of the molecule is CS(=O)(=O)Nc1ccccc1C(=O)NCc1ccc(N2CCCCC2)cc1. The number of anilines is 2. The van der Waals surface area contributed by atoms with Crippen molar-refractivity contribution in [2.45, 2.75) is 25.8 Å². The zero-order valence-electron chi connectivity index (χ0n) is 15.4. The van der Waals surface area contributed by atoms with Crippen LogP contribution in [0.2, 0.25) is 0 Å². The van der Waals surface area contributed by atoms with Gasteiger partial charge in [-0.05, 0) is 49.1 Å². The van der Waals surface area contributed by atoms with Gasteiger partial charge in [0.2, 0.25) is 10.0 Å². The molecule has 0 atom stereocenters. The lowest BCUT2D eigenvalue weighted by molar-refractivity contribution is 0.0952. The van der Waals surface area contributed by atoms with Crippen LogP contribution in [-0.2, 0) is 16.6 Å². The minimum Gasteiger partial charge on any atom is -0.372 e. The van der Waals surface area contributed by atoms with Crippen LogP contribution in [0.15, 0.2) is 48.5 Å². The average molecular weight is 388 g/mol. The number of carbonyl (C=O) groups excluding carboxylic acids is 1. The molecule has 1 aliphatic rings. The normalized spacial score (nSPS) is 14.6. The van der Waals surface area contributed by atoms with E-state index in [0.717, 1.165) is 24.9 Å². The number of hydrogen-bond acceptors (Lipinski definition) is 4. The number of hydrogen-bond donors (Lipinski definition) is 2. The molecule has 0 saturated carbocycles. The second kappa shape index (κ2) is 8.43. The highest BCUT2D eigenvalue weighted by Crippen LogP contribution is 2.20. The molecule has 1 saturated heterocycles. The number of piperidine rings is 1. The lowest BCUT2D eigenvalue weighted by Gasteiger charge is -2.28. The van der Waals surface area contributed by atoms with Crippen LogP contribution in [-0.4, -0.2) is 33.7 Å². The summed E-state index contributed by atoms with van der Waals surface area (Å²) in [5.74, 6) is -0.318. The third-order valence-corrected chi connectivity index (χ3v) is 5.17. The fourth-order valence-electron chi connectivity index (χ4n) is 3.22. The van der Waals surface area contributed by atoms with Crippen LogP contribution in [0.3, 0.4) is 0 Å². The molecule has 1 heterocycles. The van der Waals surface area contributed by atoms with E-state index in [1.807, 2.05) is 12.1 Å². The van der Waals surface area contributed by atoms with E-state index in [1.165, 1.54) is 24.9 Å². The van der Waals surface area contributed by atoms with Gasteiger partial charge in [-0.25, -0.2) is 8.42 Å². The first-order valence-electron chi connectivity index (χ1n) is 9.11. The molecule has 144 valence electrons. The molecule has 6 nitrogen and oxygen atoms in total. The Morgan fingerprint density at radius 2 is 1.67 bits per heavy atom. The standard InChI is InChI=1S/C20H25N3O3S/c1-27(25,26)22-19-8-4-3-7-18(19)20(24)21-15-16-9-11-17(12-10-16)23-13-5-2-6-14-23/h3-4,7-12,22H,2,5-6,13-15H2,1H3,(H,21,24). The Morgan fingerprint density at radius 1 is 1.00 bits per heavy atom. The Hall–Kier alpha value is -2.54. The number of nitrogens with zero attached hydrogens (tertiary/aromatic N) is 1. The van der Waals surface area contributed by atoms with Crippen LogP contribution >= 0.6 is 0 Å². The van der Waals surface area contributed by atoms with E-state index in [4.69, 9.17) is 0 Å². The summed E-state index contributed by atoms with van der Waals surface area (Å²) in [6.45, 7) is 2.58. The van der Waals surface area contributed by atoms with E-state index < -0.39 is 10.0 Å². The molecule has 2 aromatic carbocycles. The quantitative estimate of drug-likeness (QED) is 0.799. The summed E-state index contributed by atoms with van der Waals surface area (Å²) in [5.41, 5.74) is 2.79. The van der Waals surface area contributed by atoms with Crippen LogP contribution in [0.5, 0.6) is 0 Å². The van der Waals surface area contributed by atoms with Gasteiger partial charge in [-0.3, -0.25) is 9.52 Å². The largest absolute Gasteiger partial charge is 0.372 e. The van der Waals surface area contributed by atoms with Gasteiger partial charge in [0.15, 0.2) is 0 Å². The molecule has 1 fully saturated rings. The van der Waals surface area contributed by atoms with Crippen molar-refractivity contribution in [3.8, 4) is 0 Å². The van der Waals surface area contributed by atoms with E-state index in [9.17, 15) is 13.2 Å². The minimum absolute atomic E-state index is 0.276. The Balaban J connectivity index is 1.62. The van der Waals surface area contributed by atoms with Gasteiger partial charge in [0.25, 0.3) is 5.91 Å². The second-order valence-corrected chi connectivity index (χ2v) is 8.57. The summed E-state index contributed by atoms with van der Waals surface area (Å²) in [5, 5.41) is 2.85. The molecule has 0 radical (unpaired) electrons. The predicted octanol–water partition coefficient (Wildman–Crippen LogP) is 2.98. The monoisotopic (exact) mass is 387 g/mol. The van der Waals surface area contributed by atoms with E-state index in [0.29, 0.717) is 12.1 Å². The maximum Gasteiger partial charge on any atom is 0.253 e. The van der Waals surface area contributed by atoms with Gasteiger partial charge in [0.1, 0.15) is 0 Å². The average Bonchev–Trinajstić information content (AvgIpc) is 2.66. The van der Waals surface area contributed by atoms with Crippen molar-refractivity contribution >= 4 is 27.3 Å². The Kier molecular flexibility index (Phi) is 6.01. The first kappa shape index (κ1) is 19.2. The van der Waals surface area contributed by atoms with Crippen molar-refractivity contribution in [1.29, 1.82) is 0 Å². The van der Waals surface area contributed by atoms with Crippen LogP contribution < -0.4 is 14.9 Å². The molecule has 3 rings (SSSR count). The van der Waals surface area contributed by atoms with E-state index >= 15 is 0 Å². The van der Waals surface area contributed by atoms with E-state index in [-0.39, 0.29) is 11.6 Å². The molecule has 0 unspecified atom stereocenters. The number of rotatable bonds is 6. The second-order valence-electron chi connectivity index (χ2n) is 6.82. The first-order chi connectivity index (χ1) is 12.9. The molecule has 7 heteroatoms.